The van der Waals surface area contributed by atoms with Crippen molar-refractivity contribution < 1.29 is 19.0 Å². The van der Waals surface area contributed by atoms with E-state index in [0.29, 0.717) is 46.7 Å². The Morgan fingerprint density at radius 3 is 2.36 bits per heavy atom. The van der Waals surface area contributed by atoms with Gasteiger partial charge in [-0.1, -0.05) is 17.7 Å². The van der Waals surface area contributed by atoms with Crippen LogP contribution in [0.5, 0.6) is 17.2 Å². The van der Waals surface area contributed by atoms with Gasteiger partial charge in [-0.2, -0.15) is 0 Å². The molecule has 1 unspecified atom stereocenters. The number of benzene rings is 2. The monoisotopic (exact) mass is 428 g/mol. The maximum atomic E-state index is 12.7. The summed E-state index contributed by atoms with van der Waals surface area (Å²) in [5, 5.41) is 3.24. The van der Waals surface area contributed by atoms with Crippen molar-refractivity contribution in [3.8, 4) is 17.2 Å². The molecule has 0 saturated heterocycles. The van der Waals surface area contributed by atoms with Crippen LogP contribution in [-0.4, -0.2) is 26.2 Å². The molecule has 28 heavy (non-hydrogen) atoms. The van der Waals surface area contributed by atoms with Crippen LogP contribution in [0.1, 0.15) is 42.7 Å². The van der Waals surface area contributed by atoms with E-state index in [1.807, 2.05) is 39.0 Å². The van der Waals surface area contributed by atoms with Crippen molar-refractivity contribution in [1.82, 2.24) is 5.32 Å². The maximum Gasteiger partial charge on any atom is 0.255 e. The number of nitrogens with two attached hydrogens (primary N) is 1. The summed E-state index contributed by atoms with van der Waals surface area (Å²) < 4.78 is 16.5. The van der Waals surface area contributed by atoms with Crippen molar-refractivity contribution in [2.45, 2.75) is 26.8 Å². The lowest BCUT2D eigenvalue weighted by atomic mass is 10.1. The zero-order chi connectivity index (χ0) is 20.0. The van der Waals surface area contributed by atoms with Gasteiger partial charge in [0.05, 0.1) is 42.6 Å². The number of nitrogen functional groups attached to an aromatic ring is 1. The summed E-state index contributed by atoms with van der Waals surface area (Å²) in [6.07, 6.45) is 0. The number of carbonyl (C=O) groups excluding carboxylic acids is 1. The highest BCUT2D eigenvalue weighted by Gasteiger charge is 2.18. The van der Waals surface area contributed by atoms with Crippen molar-refractivity contribution >= 4 is 35.6 Å². The summed E-state index contributed by atoms with van der Waals surface area (Å²) in [5.74, 6) is 1.37. The minimum Gasteiger partial charge on any atom is -0.496 e. The summed E-state index contributed by atoms with van der Waals surface area (Å²) in [4.78, 5) is 12.7. The van der Waals surface area contributed by atoms with Gasteiger partial charge in [0, 0.05) is 6.07 Å². The second-order valence-electron chi connectivity index (χ2n) is 5.84. The molecule has 2 aromatic carbocycles. The van der Waals surface area contributed by atoms with Crippen LogP contribution >= 0.6 is 24.0 Å². The average Bonchev–Trinajstić information content (AvgIpc) is 2.65. The Bertz CT molecular complexity index is 815. The first-order valence-electron chi connectivity index (χ1n) is 8.74. The second kappa shape index (κ2) is 10.9. The molecule has 1 atom stereocenters. The van der Waals surface area contributed by atoms with Gasteiger partial charge in [0.25, 0.3) is 5.91 Å². The highest BCUT2D eigenvalue weighted by atomic mass is 35.5. The van der Waals surface area contributed by atoms with Crippen molar-refractivity contribution in [1.29, 1.82) is 0 Å². The van der Waals surface area contributed by atoms with Crippen LogP contribution in [0.3, 0.4) is 0 Å². The van der Waals surface area contributed by atoms with Crippen LogP contribution in [0, 0.1) is 0 Å². The molecule has 0 spiro atoms. The van der Waals surface area contributed by atoms with Gasteiger partial charge in [0.1, 0.15) is 5.75 Å². The van der Waals surface area contributed by atoms with Crippen molar-refractivity contribution in [3.63, 3.8) is 0 Å². The van der Waals surface area contributed by atoms with Crippen LogP contribution in [0.15, 0.2) is 30.3 Å². The molecule has 0 saturated carbocycles. The normalized spacial score (nSPS) is 11.2. The van der Waals surface area contributed by atoms with Crippen LogP contribution in [0.25, 0.3) is 0 Å². The predicted molar refractivity (Wildman–Crippen MR) is 114 cm³/mol. The fraction of sp³-hybridized carbons (Fsp3) is 0.350. The number of methoxy groups -OCH3 is 1. The van der Waals surface area contributed by atoms with Gasteiger partial charge in [-0.05, 0) is 44.5 Å². The van der Waals surface area contributed by atoms with E-state index in [2.05, 4.69) is 5.32 Å². The Hall–Kier alpha value is -2.31. The molecular formula is C20H26Cl2N2O4. The predicted octanol–water partition coefficient (Wildman–Crippen LogP) is 4.64. The van der Waals surface area contributed by atoms with Gasteiger partial charge in [-0.15, -0.1) is 12.4 Å². The van der Waals surface area contributed by atoms with Crippen molar-refractivity contribution in [2.24, 2.45) is 0 Å². The molecule has 8 heteroatoms. The van der Waals surface area contributed by atoms with E-state index in [0.717, 1.165) is 5.56 Å². The second-order valence-corrected chi connectivity index (χ2v) is 6.25. The molecule has 6 nitrogen and oxygen atoms in total. The highest BCUT2D eigenvalue weighted by molar-refractivity contribution is 6.33. The number of rotatable bonds is 8. The summed E-state index contributed by atoms with van der Waals surface area (Å²) in [5.41, 5.74) is 7.33. The SMILES string of the molecule is CCOc1ccc(C(C)NC(=O)c2cc(Cl)c(N)cc2OC)cc1OCC.Cl. The number of halogens is 2. The van der Waals surface area contributed by atoms with Crippen molar-refractivity contribution in [3.05, 3.63) is 46.5 Å². The van der Waals surface area contributed by atoms with Crippen molar-refractivity contribution in [2.75, 3.05) is 26.1 Å². The Labute approximate surface area is 176 Å². The number of ether oxygens (including phenoxy) is 3. The number of carbonyl (C=O) groups is 1. The van der Waals surface area contributed by atoms with Gasteiger partial charge in [-0.25, -0.2) is 0 Å². The Morgan fingerprint density at radius 2 is 1.75 bits per heavy atom. The lowest BCUT2D eigenvalue weighted by Crippen LogP contribution is -2.27. The number of hydrogen-bond donors (Lipinski definition) is 2. The lowest BCUT2D eigenvalue weighted by Gasteiger charge is -2.18. The molecule has 2 rings (SSSR count). The quantitative estimate of drug-likeness (QED) is 0.598. The van der Waals surface area contributed by atoms with Gasteiger partial charge in [0.2, 0.25) is 0 Å². The molecule has 2 aromatic rings. The van der Waals surface area contributed by atoms with E-state index in [4.69, 9.17) is 31.5 Å². The molecule has 0 bridgehead atoms. The topological polar surface area (TPSA) is 82.8 Å². The van der Waals surface area contributed by atoms with Crippen LogP contribution < -0.4 is 25.3 Å². The molecule has 0 heterocycles. The molecule has 0 aliphatic heterocycles. The molecule has 3 N–H and O–H groups in total. The third-order valence-electron chi connectivity index (χ3n) is 3.98. The Balaban J connectivity index is 0.00000392. The van der Waals surface area contributed by atoms with E-state index in [9.17, 15) is 4.79 Å². The first kappa shape index (κ1) is 23.7. The zero-order valence-electron chi connectivity index (χ0n) is 16.4. The maximum absolute atomic E-state index is 12.7. The van der Waals surface area contributed by atoms with E-state index in [-0.39, 0.29) is 24.4 Å². The number of hydrogen-bond acceptors (Lipinski definition) is 5. The summed E-state index contributed by atoms with van der Waals surface area (Å²) in [7, 11) is 1.48. The Morgan fingerprint density at radius 1 is 1.11 bits per heavy atom. The van der Waals surface area contributed by atoms with Gasteiger partial charge in [0.15, 0.2) is 11.5 Å². The summed E-state index contributed by atoms with van der Waals surface area (Å²) in [6, 6.07) is 8.37. The zero-order valence-corrected chi connectivity index (χ0v) is 17.9. The molecule has 0 fully saturated rings. The minimum atomic E-state index is -0.312. The van der Waals surface area contributed by atoms with Gasteiger partial charge < -0.3 is 25.3 Å². The van der Waals surface area contributed by atoms with Gasteiger partial charge >= 0.3 is 0 Å². The average molecular weight is 429 g/mol. The third-order valence-corrected chi connectivity index (χ3v) is 4.31. The van der Waals surface area contributed by atoms with Crippen LogP contribution in [0.2, 0.25) is 5.02 Å². The molecule has 1 amide bonds. The molecule has 0 aliphatic carbocycles. The largest absolute Gasteiger partial charge is 0.496 e. The fourth-order valence-corrected chi connectivity index (χ4v) is 2.77. The van der Waals surface area contributed by atoms with E-state index in [1.54, 1.807) is 0 Å². The highest BCUT2D eigenvalue weighted by Crippen LogP contribution is 2.32. The molecule has 0 radical (unpaired) electrons. The number of amides is 1. The van der Waals surface area contributed by atoms with Crippen LogP contribution in [0.4, 0.5) is 5.69 Å². The standard InChI is InChI=1S/C20H25ClN2O4.ClH/c1-5-26-17-8-7-13(9-19(17)27-6-2)12(3)23-20(24)14-10-15(21)16(22)11-18(14)25-4;/h7-12H,5-6,22H2,1-4H3,(H,23,24);1H. The number of nitrogens with one attached hydrogen (secondary N) is 1. The van der Waals surface area contributed by atoms with E-state index in [1.165, 1.54) is 19.2 Å². The molecular weight excluding hydrogens is 403 g/mol. The molecule has 154 valence electrons. The fourth-order valence-electron chi connectivity index (χ4n) is 2.61. The third kappa shape index (κ3) is 5.59. The van der Waals surface area contributed by atoms with Crippen LogP contribution in [-0.2, 0) is 0 Å². The smallest absolute Gasteiger partial charge is 0.255 e. The first-order chi connectivity index (χ1) is 12.9. The minimum absolute atomic E-state index is 0. The Kier molecular flexibility index (Phi) is 9.22. The first-order valence-corrected chi connectivity index (χ1v) is 9.12. The molecule has 0 aromatic heterocycles. The summed E-state index contributed by atoms with van der Waals surface area (Å²) in [6.45, 7) is 6.77. The molecule has 0 aliphatic rings. The van der Waals surface area contributed by atoms with E-state index >= 15 is 0 Å². The number of anilines is 1. The summed E-state index contributed by atoms with van der Waals surface area (Å²) >= 11 is 6.05. The van der Waals surface area contributed by atoms with Gasteiger partial charge in [-0.3, -0.25) is 4.79 Å². The lowest BCUT2D eigenvalue weighted by molar-refractivity contribution is 0.0937. The van der Waals surface area contributed by atoms with E-state index < -0.39 is 0 Å².